The van der Waals surface area contributed by atoms with E-state index in [4.69, 9.17) is 10.3 Å². The molecule has 2 amide bonds. The van der Waals surface area contributed by atoms with Crippen LogP contribution in [0.15, 0.2) is 30.3 Å². The first kappa shape index (κ1) is 25.0. The fourth-order valence-electron chi connectivity index (χ4n) is 3.49. The summed E-state index contributed by atoms with van der Waals surface area (Å²) in [7, 11) is -4.48. The van der Waals surface area contributed by atoms with Crippen LogP contribution in [0.4, 0.5) is 0 Å². The molecule has 2 rings (SSSR count). The summed E-state index contributed by atoms with van der Waals surface area (Å²) in [5.41, 5.74) is 5.81. The van der Waals surface area contributed by atoms with Gasteiger partial charge in [0, 0.05) is 12.1 Å². The number of benzene rings is 1. The van der Waals surface area contributed by atoms with E-state index in [2.05, 4.69) is 5.32 Å². The Morgan fingerprint density at radius 1 is 1.29 bits per heavy atom. The van der Waals surface area contributed by atoms with Gasteiger partial charge >= 0.3 is 13.6 Å². The van der Waals surface area contributed by atoms with E-state index in [9.17, 15) is 28.9 Å². The average molecular weight is 455 g/mol. The van der Waals surface area contributed by atoms with Crippen LogP contribution in [0.5, 0.6) is 0 Å². The molecule has 1 aliphatic rings. The molecule has 1 aromatic carbocycles. The zero-order chi connectivity index (χ0) is 23.0. The van der Waals surface area contributed by atoms with Crippen molar-refractivity contribution in [2.24, 2.45) is 5.73 Å². The van der Waals surface area contributed by atoms with Crippen molar-refractivity contribution in [1.29, 1.82) is 0 Å². The number of hydrogen-bond donors (Lipinski definition) is 4. The zero-order valence-corrected chi connectivity index (χ0v) is 18.4. The third-order valence-electron chi connectivity index (χ3n) is 5.14. The van der Waals surface area contributed by atoms with Crippen molar-refractivity contribution in [2.45, 2.75) is 57.0 Å². The fraction of sp³-hybridized carbons (Fsp3) is 0.550. The molecule has 5 N–H and O–H groups in total. The van der Waals surface area contributed by atoms with E-state index in [0.717, 1.165) is 4.90 Å². The van der Waals surface area contributed by atoms with E-state index >= 15 is 0 Å². The van der Waals surface area contributed by atoms with Gasteiger partial charge in [0.25, 0.3) is 11.8 Å². The second-order valence-corrected chi connectivity index (χ2v) is 9.44. The van der Waals surface area contributed by atoms with Crippen molar-refractivity contribution in [1.82, 2.24) is 10.2 Å². The SMILES string of the molecule is CC(OP(=O)(O)C(CCCCN)NC(=O)c1ccccc1)C(=O)N1CCC[C@H]1C(=O)O. The van der Waals surface area contributed by atoms with Gasteiger partial charge in [0.05, 0.1) is 0 Å². The summed E-state index contributed by atoms with van der Waals surface area (Å²) in [5.74, 6) is -3.58. The number of likely N-dealkylation sites (tertiary alicyclic amines) is 1. The molecule has 0 aromatic heterocycles. The smallest absolute Gasteiger partial charge is 0.350 e. The Kier molecular flexibility index (Phi) is 9.18. The van der Waals surface area contributed by atoms with E-state index in [1.54, 1.807) is 30.3 Å². The molecule has 1 saturated heterocycles. The van der Waals surface area contributed by atoms with Crippen LogP contribution >= 0.6 is 7.60 Å². The lowest BCUT2D eigenvalue weighted by molar-refractivity contribution is -0.151. The molecule has 0 bridgehead atoms. The van der Waals surface area contributed by atoms with Gasteiger partial charge in [0.2, 0.25) is 0 Å². The molecule has 0 aliphatic carbocycles. The van der Waals surface area contributed by atoms with Gasteiger partial charge in [-0.15, -0.1) is 0 Å². The minimum atomic E-state index is -4.48. The molecule has 1 aromatic rings. The zero-order valence-electron chi connectivity index (χ0n) is 17.5. The number of aliphatic carboxylic acids is 1. The first-order valence-electron chi connectivity index (χ1n) is 10.3. The highest BCUT2D eigenvalue weighted by Gasteiger charge is 2.41. The molecule has 11 heteroatoms. The summed E-state index contributed by atoms with van der Waals surface area (Å²) in [5, 5.41) is 11.8. The van der Waals surface area contributed by atoms with Gasteiger partial charge in [-0.25, -0.2) is 4.79 Å². The molecule has 1 heterocycles. The van der Waals surface area contributed by atoms with E-state index in [1.165, 1.54) is 6.92 Å². The molecular formula is C20H30N3O7P. The number of unbranched alkanes of at least 4 members (excludes halogenated alkanes) is 1. The van der Waals surface area contributed by atoms with E-state index in [-0.39, 0.29) is 13.0 Å². The largest absolute Gasteiger partial charge is 0.480 e. The van der Waals surface area contributed by atoms with Crippen molar-refractivity contribution in [3.8, 4) is 0 Å². The maximum absolute atomic E-state index is 13.0. The fourth-order valence-corrected chi connectivity index (χ4v) is 4.97. The first-order chi connectivity index (χ1) is 14.7. The number of carboxylic acids is 1. The van der Waals surface area contributed by atoms with Gasteiger partial charge in [0.1, 0.15) is 17.9 Å². The van der Waals surface area contributed by atoms with Gasteiger partial charge in [-0.1, -0.05) is 18.2 Å². The molecule has 0 radical (unpaired) electrons. The van der Waals surface area contributed by atoms with Gasteiger partial charge in [-0.2, -0.15) is 0 Å². The molecule has 31 heavy (non-hydrogen) atoms. The Labute approximate surface area is 181 Å². The lowest BCUT2D eigenvalue weighted by atomic mass is 10.2. The standard InChI is InChI=1S/C20H30N3O7P/c1-14(19(25)23-13-7-10-16(23)20(26)27)30-31(28,29)17(11-5-6-12-21)22-18(24)15-8-3-2-4-9-15/h2-4,8-9,14,16-17H,5-7,10-13,21H2,1H3,(H,22,24)(H,26,27)(H,28,29)/t14?,16-,17?/m0/s1. The highest BCUT2D eigenvalue weighted by molar-refractivity contribution is 7.53. The highest BCUT2D eigenvalue weighted by Crippen LogP contribution is 2.49. The number of hydrogen-bond acceptors (Lipinski definition) is 6. The molecule has 172 valence electrons. The molecule has 0 spiro atoms. The third kappa shape index (κ3) is 6.87. The predicted molar refractivity (Wildman–Crippen MR) is 113 cm³/mol. The van der Waals surface area contributed by atoms with Gasteiger partial charge in [-0.05, 0) is 57.7 Å². The summed E-state index contributed by atoms with van der Waals surface area (Å²) in [4.78, 5) is 48.3. The van der Waals surface area contributed by atoms with Gasteiger partial charge < -0.3 is 26.0 Å². The Bertz CT molecular complexity index is 820. The minimum absolute atomic E-state index is 0.131. The molecule has 4 atom stereocenters. The van der Waals surface area contributed by atoms with E-state index < -0.39 is 43.3 Å². The van der Waals surface area contributed by atoms with Crippen LogP contribution in [0.2, 0.25) is 0 Å². The van der Waals surface area contributed by atoms with Crippen LogP contribution in [0.3, 0.4) is 0 Å². The average Bonchev–Trinajstić information content (AvgIpc) is 3.23. The second-order valence-electron chi connectivity index (χ2n) is 7.48. The minimum Gasteiger partial charge on any atom is -0.480 e. The Morgan fingerprint density at radius 3 is 2.58 bits per heavy atom. The molecule has 1 aliphatic heterocycles. The number of carboxylic acid groups (broad SMARTS) is 1. The van der Waals surface area contributed by atoms with E-state index in [0.29, 0.717) is 37.8 Å². The maximum atomic E-state index is 13.0. The third-order valence-corrected chi connectivity index (χ3v) is 6.93. The number of carbonyl (C=O) groups excluding carboxylic acids is 2. The summed E-state index contributed by atoms with van der Waals surface area (Å²) >= 11 is 0. The van der Waals surface area contributed by atoms with Crippen molar-refractivity contribution >= 4 is 25.4 Å². The summed E-state index contributed by atoms with van der Waals surface area (Å²) in [6.45, 7) is 1.93. The van der Waals surface area contributed by atoms with Crippen molar-refractivity contribution in [2.75, 3.05) is 13.1 Å². The van der Waals surface area contributed by atoms with Crippen LogP contribution in [0.25, 0.3) is 0 Å². The first-order valence-corrected chi connectivity index (χ1v) is 11.9. The molecule has 10 nitrogen and oxygen atoms in total. The van der Waals surface area contributed by atoms with Crippen LogP contribution in [-0.2, 0) is 18.7 Å². The Hall–Kier alpha value is -2.26. The monoisotopic (exact) mass is 455 g/mol. The Morgan fingerprint density at radius 2 is 1.97 bits per heavy atom. The highest BCUT2D eigenvalue weighted by atomic mass is 31.2. The van der Waals surface area contributed by atoms with Crippen LogP contribution in [-0.4, -0.2) is 63.7 Å². The Balaban J connectivity index is 2.11. The number of rotatable bonds is 11. The lowest BCUT2D eigenvalue weighted by Crippen LogP contribution is -2.45. The number of amides is 2. The van der Waals surface area contributed by atoms with Crippen LogP contribution in [0.1, 0.15) is 49.4 Å². The summed E-state index contributed by atoms with van der Waals surface area (Å²) in [6, 6.07) is 7.24. The molecule has 1 fully saturated rings. The predicted octanol–water partition coefficient (Wildman–Crippen LogP) is 1.54. The molecule has 0 saturated carbocycles. The maximum Gasteiger partial charge on any atom is 0.350 e. The topological polar surface area (TPSA) is 159 Å². The lowest BCUT2D eigenvalue weighted by Gasteiger charge is -2.29. The van der Waals surface area contributed by atoms with Crippen molar-refractivity contribution in [3.05, 3.63) is 35.9 Å². The summed E-state index contributed by atoms with van der Waals surface area (Å²) in [6.07, 6.45) is 0.688. The number of nitrogens with two attached hydrogens (primary N) is 1. The number of nitrogens with zero attached hydrogens (tertiary/aromatic N) is 1. The van der Waals surface area contributed by atoms with Crippen molar-refractivity contribution in [3.63, 3.8) is 0 Å². The van der Waals surface area contributed by atoms with Crippen molar-refractivity contribution < 1.29 is 33.5 Å². The summed E-state index contributed by atoms with van der Waals surface area (Å²) < 4.78 is 18.3. The van der Waals surface area contributed by atoms with Crippen LogP contribution in [0, 0.1) is 0 Å². The van der Waals surface area contributed by atoms with Gasteiger partial charge in [0.15, 0.2) is 0 Å². The molecule has 3 unspecified atom stereocenters. The quantitative estimate of drug-likeness (QED) is 0.289. The van der Waals surface area contributed by atoms with Gasteiger partial charge in [-0.3, -0.25) is 18.7 Å². The molecular weight excluding hydrogens is 425 g/mol. The normalized spacial score (nSPS) is 20.0. The van der Waals surface area contributed by atoms with E-state index in [1.807, 2.05) is 0 Å². The number of carbonyl (C=O) groups is 3. The van der Waals surface area contributed by atoms with Crippen LogP contribution < -0.4 is 11.1 Å². The second kappa shape index (κ2) is 11.4. The number of nitrogens with one attached hydrogen (secondary N) is 1.